The molecule has 0 radical (unpaired) electrons. The molecule has 0 aromatic carbocycles. The van der Waals surface area contributed by atoms with Crippen LogP contribution in [-0.4, -0.2) is 132 Å². The van der Waals surface area contributed by atoms with Crippen LogP contribution in [0.3, 0.4) is 0 Å². The highest BCUT2D eigenvalue weighted by molar-refractivity contribution is 7.59. The van der Waals surface area contributed by atoms with Crippen LogP contribution in [0.4, 0.5) is 0 Å². The minimum absolute atomic E-state index is 0. The van der Waals surface area contributed by atoms with Gasteiger partial charge in [-0.15, -0.1) is 0 Å². The summed E-state index contributed by atoms with van der Waals surface area (Å²) in [6, 6.07) is 2.47. The van der Waals surface area contributed by atoms with Crippen molar-refractivity contribution in [3.05, 3.63) is 0 Å². The van der Waals surface area contributed by atoms with Gasteiger partial charge in [0.2, 0.25) is 0 Å². The molecule has 0 spiro atoms. The normalized spacial score (nSPS) is 20.9. The highest BCUT2D eigenvalue weighted by Crippen LogP contribution is 1.79. The summed E-state index contributed by atoms with van der Waals surface area (Å²) in [5, 5.41) is 30.3. The highest BCUT2D eigenvalue weighted by Gasteiger charge is 1.95. The van der Waals surface area contributed by atoms with Gasteiger partial charge >= 0.3 is 0 Å². The van der Waals surface area contributed by atoms with Gasteiger partial charge in [-0.2, -0.15) is 24.0 Å². The minimum Gasteiger partial charge on any atom is -0.379 e. The highest BCUT2D eigenvalue weighted by atomic mass is 32.1. The first-order chi connectivity index (χ1) is 16.9. The molecule has 5 saturated heterocycles. The molecule has 0 bridgehead atoms. The van der Waals surface area contributed by atoms with E-state index in [9.17, 15) is 0 Å². The van der Waals surface area contributed by atoms with E-state index in [0.29, 0.717) is 0 Å². The third-order valence-corrected chi connectivity index (χ3v) is 4.28. The molecule has 12 nitrogen and oxygen atoms in total. The quantitative estimate of drug-likeness (QED) is 0.244. The van der Waals surface area contributed by atoms with Crippen molar-refractivity contribution in [1.82, 2.24) is 26.6 Å². The zero-order valence-electron chi connectivity index (χ0n) is 21.1. The molecule has 5 aliphatic rings. The van der Waals surface area contributed by atoms with Crippen molar-refractivity contribution in [3.63, 3.8) is 0 Å². The number of morpholine rings is 5. The molecule has 0 saturated carbocycles. The van der Waals surface area contributed by atoms with Crippen LogP contribution >= 0.6 is 13.5 Å². The van der Waals surface area contributed by atoms with Crippen molar-refractivity contribution in [2.45, 2.75) is 0 Å². The van der Waals surface area contributed by atoms with Gasteiger partial charge in [-0.3, -0.25) is 0 Å². The maximum Gasteiger partial charge on any atom is 0.181 e. The fourth-order valence-corrected chi connectivity index (χ4v) is 2.58. The van der Waals surface area contributed by atoms with Crippen molar-refractivity contribution < 1.29 is 23.7 Å². The Bertz CT molecular complexity index is 325. The van der Waals surface area contributed by atoms with Gasteiger partial charge in [0, 0.05) is 65.4 Å². The number of rotatable bonds is 0. The Labute approximate surface area is 218 Å². The predicted molar refractivity (Wildman–Crippen MR) is 140 cm³/mol. The molecule has 0 unspecified atom stereocenters. The number of hydrogen-bond acceptors (Lipinski definition) is 12. The first kappa shape index (κ1) is 36.1. The summed E-state index contributed by atoms with van der Waals surface area (Å²) < 4.78 is 25.0. The number of hydrogen-bond donors (Lipinski definition) is 5. The Morgan fingerprint density at radius 3 is 0.514 bits per heavy atom. The molecule has 206 valence electrons. The Morgan fingerprint density at radius 2 is 0.486 bits per heavy atom. The van der Waals surface area contributed by atoms with Gasteiger partial charge in [-0.05, 0) is 0 Å². The molecule has 0 aliphatic carbocycles. The number of nitrogens with zero attached hydrogens (tertiary/aromatic N) is 2. The van der Waals surface area contributed by atoms with Crippen LogP contribution in [0, 0.1) is 22.7 Å². The third-order valence-electron chi connectivity index (χ3n) is 4.28. The van der Waals surface area contributed by atoms with Gasteiger partial charge < -0.3 is 50.3 Å². The predicted octanol–water partition coefficient (Wildman–Crippen LogP) is -1.82. The smallest absolute Gasteiger partial charge is 0.181 e. The van der Waals surface area contributed by atoms with E-state index in [2.05, 4.69) is 26.6 Å². The third kappa shape index (κ3) is 35.2. The molecule has 35 heavy (non-hydrogen) atoms. The molecule has 0 aromatic rings. The molecule has 0 amide bonds. The maximum atomic E-state index is 7.26. The van der Waals surface area contributed by atoms with E-state index in [1.807, 2.05) is 0 Å². The van der Waals surface area contributed by atoms with Gasteiger partial charge in [0.05, 0.1) is 66.1 Å². The monoisotopic (exact) mass is 521 g/mol. The fraction of sp³-hybridized carbons (Fsp3) is 0.909. The van der Waals surface area contributed by atoms with Crippen molar-refractivity contribution in [2.75, 3.05) is 132 Å². The van der Waals surface area contributed by atoms with Crippen LogP contribution < -0.4 is 26.6 Å². The lowest BCUT2D eigenvalue weighted by Gasteiger charge is -2.10. The van der Waals surface area contributed by atoms with Gasteiger partial charge in [0.15, 0.2) is 12.1 Å². The molecule has 5 fully saturated rings. The fourth-order valence-electron chi connectivity index (χ4n) is 2.58. The summed E-state index contributed by atoms with van der Waals surface area (Å²) in [7, 11) is 0. The molecule has 13 heteroatoms. The molecule has 5 N–H and O–H groups in total. The average Bonchev–Trinajstić information content (AvgIpc) is 2.99. The molecule has 5 aliphatic heterocycles. The van der Waals surface area contributed by atoms with Crippen LogP contribution in [0.25, 0.3) is 0 Å². The van der Waals surface area contributed by atoms with Gasteiger partial charge in [0.1, 0.15) is 0 Å². The van der Waals surface area contributed by atoms with E-state index in [1.165, 1.54) is 12.1 Å². The molecule has 0 atom stereocenters. The Morgan fingerprint density at radius 1 is 0.343 bits per heavy atom. The lowest BCUT2D eigenvalue weighted by atomic mass is 10.5. The van der Waals surface area contributed by atoms with E-state index in [0.717, 1.165) is 132 Å². The second-order valence-corrected chi connectivity index (χ2v) is 7.04. The molecule has 5 heterocycles. The summed E-state index contributed by atoms with van der Waals surface area (Å²) in [5.74, 6) is 0. The largest absolute Gasteiger partial charge is 0.379 e. The van der Waals surface area contributed by atoms with Crippen molar-refractivity contribution >= 4 is 13.5 Å². The Balaban J connectivity index is 0. The first-order valence-corrected chi connectivity index (χ1v) is 12.1. The van der Waals surface area contributed by atoms with Crippen molar-refractivity contribution in [2.24, 2.45) is 0 Å². The second-order valence-electron chi connectivity index (χ2n) is 7.04. The van der Waals surface area contributed by atoms with Crippen LogP contribution in [-0.2, 0) is 23.7 Å². The Kier molecular flexibility index (Phi) is 36.2. The van der Waals surface area contributed by atoms with E-state index < -0.39 is 0 Å². The number of ether oxygens (including phenoxy) is 5. The standard InChI is InChI=1S/5C4H9NO.C2N2.H2S/c5*1-3-6-4-2-5-1;3-1-2-4;/h5*5H,1-4H2;;1H2. The van der Waals surface area contributed by atoms with Crippen LogP contribution in [0.15, 0.2) is 0 Å². The molecule has 0 aromatic heterocycles. The van der Waals surface area contributed by atoms with E-state index in [4.69, 9.17) is 34.2 Å². The van der Waals surface area contributed by atoms with Crippen molar-refractivity contribution in [3.8, 4) is 12.1 Å². The lowest BCUT2D eigenvalue weighted by molar-refractivity contribution is 0.109. The molecular formula is C22H47N7O5S. The van der Waals surface area contributed by atoms with Gasteiger partial charge in [0.25, 0.3) is 0 Å². The molecule has 5 rings (SSSR count). The van der Waals surface area contributed by atoms with Gasteiger partial charge in [-0.1, -0.05) is 0 Å². The number of nitriles is 2. The van der Waals surface area contributed by atoms with E-state index in [-0.39, 0.29) is 13.5 Å². The number of nitrogens with one attached hydrogen (secondary N) is 5. The van der Waals surface area contributed by atoms with Crippen LogP contribution in [0.5, 0.6) is 0 Å². The zero-order chi connectivity index (χ0) is 24.6. The lowest BCUT2D eigenvalue weighted by Crippen LogP contribution is -2.30. The SMILES string of the molecule is C1COCCN1.C1COCCN1.C1COCCN1.C1COCCN1.C1COCCN1.N#CC#N.S. The van der Waals surface area contributed by atoms with Crippen LogP contribution in [0.2, 0.25) is 0 Å². The van der Waals surface area contributed by atoms with Gasteiger partial charge in [-0.25, -0.2) is 0 Å². The zero-order valence-corrected chi connectivity index (χ0v) is 22.1. The Hall–Kier alpha value is -1.07. The summed E-state index contributed by atoms with van der Waals surface area (Å²) >= 11 is 0. The average molecular weight is 522 g/mol. The van der Waals surface area contributed by atoms with Crippen molar-refractivity contribution in [1.29, 1.82) is 10.5 Å². The van der Waals surface area contributed by atoms with E-state index in [1.54, 1.807) is 0 Å². The summed E-state index contributed by atoms with van der Waals surface area (Å²) in [4.78, 5) is 0. The molecular weight excluding hydrogens is 474 g/mol. The summed E-state index contributed by atoms with van der Waals surface area (Å²) in [6.45, 7) is 19.2. The topological polar surface area (TPSA) is 154 Å². The van der Waals surface area contributed by atoms with Crippen LogP contribution in [0.1, 0.15) is 0 Å². The maximum absolute atomic E-state index is 7.26. The summed E-state index contributed by atoms with van der Waals surface area (Å²) in [6.07, 6.45) is 0. The minimum atomic E-state index is 0. The first-order valence-electron chi connectivity index (χ1n) is 12.1. The summed E-state index contributed by atoms with van der Waals surface area (Å²) in [5.41, 5.74) is 0. The van der Waals surface area contributed by atoms with E-state index >= 15 is 0 Å². The second kappa shape index (κ2) is 35.1.